The number of nitrogens with one attached hydrogen (secondary N) is 8. The standard InChI is InChI=1S/C57H82N12O16S/c1-10-28(4)48-53(80)61-21-45(75)63-41(32(8)71)26-86(84)55-38(37-16-15-36(19-39(37)65-55)85-25-33-11-13-34(14-12-33)68(9)57(83)31(7)62-52(79)47(59)27(2)3)20-40(50(77)60-22-46(76)66-48)64-54(81)49(30(6)43(73)24-70)67-51(78)42-18-35(72)23-69(42)56(82)29(5)17-44(58)74/h11-16,19,27-31,35,40-43,47-49,65,70,72-73H,10,17-18,20-26,59H2,1-9H3,(H2,58,74)(H,60,77)(H,61,80)(H,62,79)(H,63,75)(H,64,81)(H,66,76)(H,67,78)/t28-,29-,30-,31-,35+,40?,41?,42-,43-,47-,48-,49-,86?/m0/s1. The predicted molar refractivity (Wildman–Crippen MR) is 313 cm³/mol. The van der Waals surface area contributed by atoms with Crippen molar-refractivity contribution >= 4 is 92.2 Å². The van der Waals surface area contributed by atoms with Crippen LogP contribution in [0.2, 0.25) is 0 Å². The minimum atomic E-state index is -2.25. The van der Waals surface area contributed by atoms with Crippen LogP contribution in [0, 0.1) is 23.7 Å². The Bertz CT molecular complexity index is 3030. The van der Waals surface area contributed by atoms with Gasteiger partial charge in [-0.25, -0.2) is 0 Å². The second-order valence-corrected chi connectivity index (χ2v) is 23.9. The molecule has 2 aromatic carbocycles. The number of ether oxygens (including phenoxy) is 1. The zero-order chi connectivity index (χ0) is 64.0. The van der Waals surface area contributed by atoms with Crippen LogP contribution >= 0.6 is 0 Å². The van der Waals surface area contributed by atoms with Gasteiger partial charge in [-0.15, -0.1) is 0 Å². The van der Waals surface area contributed by atoms with Gasteiger partial charge in [-0.1, -0.05) is 60.1 Å². The van der Waals surface area contributed by atoms with Crippen LogP contribution in [0.25, 0.3) is 10.9 Å². The summed E-state index contributed by atoms with van der Waals surface area (Å²) in [4.78, 5) is 154. The number of benzene rings is 2. The molecule has 3 aromatic rings. The van der Waals surface area contributed by atoms with E-state index < -0.39 is 174 Å². The lowest BCUT2D eigenvalue weighted by Gasteiger charge is -2.32. The van der Waals surface area contributed by atoms with Crippen molar-refractivity contribution in [2.24, 2.45) is 35.1 Å². The van der Waals surface area contributed by atoms with Crippen LogP contribution in [0.1, 0.15) is 85.8 Å². The number of amides is 10. The van der Waals surface area contributed by atoms with E-state index in [0.717, 1.165) is 11.8 Å². The van der Waals surface area contributed by atoms with Crippen molar-refractivity contribution in [3.63, 3.8) is 0 Å². The van der Waals surface area contributed by atoms with Gasteiger partial charge < -0.3 is 83.5 Å². The van der Waals surface area contributed by atoms with Crippen LogP contribution in [-0.2, 0) is 76.6 Å². The van der Waals surface area contributed by atoms with Crippen LogP contribution in [0.5, 0.6) is 5.75 Å². The van der Waals surface area contributed by atoms with Gasteiger partial charge in [0.1, 0.15) is 47.6 Å². The third kappa shape index (κ3) is 18.1. The van der Waals surface area contributed by atoms with E-state index in [9.17, 15) is 72.3 Å². The highest BCUT2D eigenvalue weighted by Crippen LogP contribution is 2.31. The highest BCUT2D eigenvalue weighted by molar-refractivity contribution is 7.85. The van der Waals surface area contributed by atoms with Crippen molar-refractivity contribution < 1.29 is 77.0 Å². The average molecular weight is 1220 g/mol. The number of β-amino-alcohol motifs (C(OH)–C–C–N with tert-alkyl or cyclic N) is 1. The van der Waals surface area contributed by atoms with Crippen molar-refractivity contribution in [3.05, 3.63) is 53.6 Å². The Kier molecular flexibility index (Phi) is 24.8. The number of carbonyl (C=O) groups is 11. The van der Waals surface area contributed by atoms with Gasteiger partial charge >= 0.3 is 0 Å². The van der Waals surface area contributed by atoms with Crippen LogP contribution in [0.15, 0.2) is 47.5 Å². The molecule has 10 amide bonds. The summed E-state index contributed by atoms with van der Waals surface area (Å²) in [5, 5.41) is 49.7. The van der Waals surface area contributed by atoms with Crippen molar-refractivity contribution in [1.29, 1.82) is 0 Å². The summed E-state index contributed by atoms with van der Waals surface area (Å²) in [6.45, 7) is 9.81. The predicted octanol–water partition coefficient (Wildman–Crippen LogP) is -2.87. The van der Waals surface area contributed by atoms with E-state index in [0.29, 0.717) is 23.1 Å². The number of nitrogens with zero attached hydrogens (tertiary/aromatic N) is 2. The van der Waals surface area contributed by atoms with Gasteiger partial charge in [0, 0.05) is 61.8 Å². The highest BCUT2D eigenvalue weighted by Gasteiger charge is 2.43. The number of primary amides is 1. The molecule has 86 heavy (non-hydrogen) atoms. The summed E-state index contributed by atoms with van der Waals surface area (Å²) in [6, 6.07) is 2.29. The van der Waals surface area contributed by atoms with Gasteiger partial charge in [0.2, 0.25) is 59.1 Å². The Morgan fingerprint density at radius 3 is 2.14 bits per heavy atom. The Morgan fingerprint density at radius 2 is 1.53 bits per heavy atom. The number of aliphatic hydroxyl groups excluding tert-OH is 3. The first-order chi connectivity index (χ1) is 40.5. The van der Waals surface area contributed by atoms with Crippen LogP contribution in [-0.4, -0.2) is 188 Å². The van der Waals surface area contributed by atoms with Crippen molar-refractivity contribution in [3.8, 4) is 5.75 Å². The van der Waals surface area contributed by atoms with Crippen molar-refractivity contribution in [2.45, 2.75) is 147 Å². The topological polar surface area (TPSA) is 433 Å². The number of nitrogens with two attached hydrogens (primary N) is 2. The van der Waals surface area contributed by atoms with E-state index in [1.54, 1.807) is 84.1 Å². The number of likely N-dealkylation sites (N-methyl/N-ethyl adjacent to an activating group) is 1. The van der Waals surface area contributed by atoms with E-state index in [1.807, 2.05) is 0 Å². The first kappa shape index (κ1) is 68.9. The number of aromatic amines is 1. The van der Waals surface area contributed by atoms with Gasteiger partial charge in [0.05, 0.1) is 66.1 Å². The van der Waals surface area contributed by atoms with Crippen LogP contribution in [0.3, 0.4) is 0 Å². The maximum absolute atomic E-state index is 14.8. The maximum atomic E-state index is 14.8. The molecular weight excluding hydrogens is 1140 g/mol. The summed E-state index contributed by atoms with van der Waals surface area (Å²) in [5.41, 5.74) is 12.9. The first-order valence-corrected chi connectivity index (χ1v) is 29.7. The molecule has 0 radical (unpaired) electrons. The van der Waals surface area contributed by atoms with Gasteiger partial charge in [0.25, 0.3) is 0 Å². The number of aromatic nitrogens is 1. The molecule has 1 aromatic heterocycles. The molecule has 2 aliphatic heterocycles. The molecule has 1 saturated heterocycles. The Morgan fingerprint density at radius 1 is 0.895 bits per heavy atom. The van der Waals surface area contributed by atoms with E-state index in [2.05, 4.69) is 42.2 Å². The fourth-order valence-electron chi connectivity index (χ4n) is 9.73. The van der Waals surface area contributed by atoms with E-state index in [1.165, 1.54) is 18.7 Å². The number of likely N-dealkylation sites (tertiary alicyclic amines) is 1. The summed E-state index contributed by atoms with van der Waals surface area (Å²) in [5.74, 6) is -11.8. The molecule has 13 atom stereocenters. The fourth-order valence-corrected chi connectivity index (χ4v) is 11.2. The SMILES string of the molecule is CC[C@H](C)[C@@H]1NC(=O)CNC(=O)C(NC(=O)[C@@H](NC(=O)[C@@H]2C[C@@H](O)CN2C(=O)[C@@H](C)CC(N)=O)[C@@H](C)[C@@H](O)CO)Cc2c([nH]c3cc(OCc4ccc(N(C)C(=O)[C@H](C)NC(=O)[C@@H](N)C(C)C)cc4)ccc23)S(=O)CC(C(C)=O)NC(=O)CNC1=O. The molecule has 1 fully saturated rings. The van der Waals surface area contributed by atoms with Gasteiger partial charge in [0.15, 0.2) is 5.78 Å². The smallest absolute Gasteiger partial charge is 0.249 e. The quantitative estimate of drug-likeness (QED) is 0.0510. The number of hydrogen-bond acceptors (Lipinski definition) is 17. The summed E-state index contributed by atoms with van der Waals surface area (Å²) < 4.78 is 20.9. The number of hydrogen-bond donors (Lipinski definition) is 13. The second kappa shape index (κ2) is 31.0. The molecule has 15 N–H and O–H groups in total. The van der Waals surface area contributed by atoms with Crippen molar-refractivity contribution in [1.82, 2.24) is 47.1 Å². The molecule has 29 heteroatoms. The lowest BCUT2D eigenvalue weighted by molar-refractivity contribution is -0.143. The van der Waals surface area contributed by atoms with Crippen LogP contribution in [0.4, 0.5) is 5.69 Å². The number of ketones is 1. The van der Waals surface area contributed by atoms with E-state index >= 15 is 0 Å². The number of aliphatic hydroxyl groups is 3. The molecule has 3 heterocycles. The molecule has 2 aliphatic rings. The molecule has 0 aliphatic carbocycles. The number of rotatable bonds is 21. The largest absolute Gasteiger partial charge is 0.489 e. The highest BCUT2D eigenvalue weighted by atomic mass is 32.2. The molecule has 3 unspecified atom stereocenters. The fraction of sp³-hybridized carbons (Fsp3) is 0.561. The Balaban J connectivity index is 1.54. The lowest BCUT2D eigenvalue weighted by Crippen LogP contribution is -2.60. The normalized spacial score (nSPS) is 22.3. The third-order valence-electron chi connectivity index (χ3n) is 15.4. The van der Waals surface area contributed by atoms with Gasteiger partial charge in [-0.2, -0.15) is 0 Å². The van der Waals surface area contributed by atoms with Crippen LogP contribution < -0.4 is 58.3 Å². The summed E-state index contributed by atoms with van der Waals surface area (Å²) in [6.07, 6.45) is -3.72. The van der Waals surface area contributed by atoms with Gasteiger partial charge in [-0.05, 0) is 61.1 Å². The number of Topliss-reactive ketones (excluding diaryl/α,β-unsaturated/α-hetero) is 1. The average Bonchev–Trinajstić information content (AvgIpc) is 1.98. The molecule has 5 rings (SSSR count). The molecular formula is C57H82N12O16S. The molecule has 0 saturated carbocycles. The Labute approximate surface area is 500 Å². The number of carbonyl (C=O) groups excluding carboxylic acids is 11. The monoisotopic (exact) mass is 1220 g/mol. The molecule has 28 nitrogen and oxygen atoms in total. The number of anilines is 1. The molecule has 0 bridgehead atoms. The summed E-state index contributed by atoms with van der Waals surface area (Å²) >= 11 is 0. The number of H-pyrrole nitrogens is 1. The third-order valence-corrected chi connectivity index (χ3v) is 16.9. The number of fused-ring (bicyclic) bond motifs is 3. The van der Waals surface area contributed by atoms with E-state index in [4.69, 9.17) is 16.2 Å². The minimum Gasteiger partial charge on any atom is -0.489 e. The van der Waals surface area contributed by atoms with Gasteiger partial charge in [-0.3, -0.25) is 56.9 Å². The zero-order valence-electron chi connectivity index (χ0n) is 49.7. The maximum Gasteiger partial charge on any atom is 0.249 e. The molecule has 472 valence electrons. The molecule has 0 spiro atoms. The van der Waals surface area contributed by atoms with E-state index in [-0.39, 0.29) is 59.7 Å². The first-order valence-electron chi connectivity index (χ1n) is 28.4. The Hall–Kier alpha value is -7.86. The minimum absolute atomic E-state index is 0.000935. The second-order valence-electron chi connectivity index (χ2n) is 22.4. The van der Waals surface area contributed by atoms with Crippen molar-refractivity contribution in [2.75, 3.05) is 43.9 Å². The lowest BCUT2D eigenvalue weighted by atomic mass is 9.93. The zero-order valence-corrected chi connectivity index (χ0v) is 50.5. The summed E-state index contributed by atoms with van der Waals surface area (Å²) in [7, 11) is -0.690.